The van der Waals surface area contributed by atoms with Crippen molar-refractivity contribution >= 4 is 71.3 Å². The van der Waals surface area contributed by atoms with E-state index in [4.69, 9.17) is 4.74 Å². The fourth-order valence-electron chi connectivity index (χ4n) is 3.37. The van der Waals surface area contributed by atoms with Crippen molar-refractivity contribution in [1.29, 1.82) is 0 Å². The molecular weight excluding hydrogens is 571 g/mol. The maximum Gasteiger partial charge on any atom is 0.265 e. The van der Waals surface area contributed by atoms with Crippen LogP contribution in [0, 0.1) is 10.5 Å². The van der Waals surface area contributed by atoms with Crippen LogP contribution in [0.15, 0.2) is 71.6 Å². The molecule has 4 aromatic rings. The van der Waals surface area contributed by atoms with Gasteiger partial charge in [0.1, 0.15) is 5.75 Å². The molecule has 0 aliphatic heterocycles. The Balaban J connectivity index is 1.60. The minimum atomic E-state index is -3.76. The highest BCUT2D eigenvalue weighted by atomic mass is 127. The van der Waals surface area contributed by atoms with E-state index in [9.17, 15) is 13.2 Å². The average Bonchev–Trinajstić information content (AvgIpc) is 3.23. The monoisotopic (exact) mass is 592 g/mol. The number of halogens is 1. The molecule has 0 bridgehead atoms. The zero-order valence-corrected chi connectivity index (χ0v) is 21.9. The molecule has 0 atom stereocenters. The normalized spacial score (nSPS) is 11.4. The number of rotatable bonds is 6. The van der Waals surface area contributed by atoms with Crippen molar-refractivity contribution in [2.75, 3.05) is 23.8 Å². The zero-order chi connectivity index (χ0) is 23.8. The Kier molecular flexibility index (Phi) is 6.64. The van der Waals surface area contributed by atoms with Crippen LogP contribution in [0.3, 0.4) is 0 Å². The van der Waals surface area contributed by atoms with Crippen LogP contribution in [0.2, 0.25) is 0 Å². The lowest BCUT2D eigenvalue weighted by Crippen LogP contribution is -2.26. The molecule has 33 heavy (non-hydrogen) atoms. The number of hydrogen-bond acceptors (Lipinski definition) is 5. The molecule has 0 aliphatic carbocycles. The Morgan fingerprint density at radius 1 is 1.03 bits per heavy atom. The molecule has 1 aromatic heterocycles. The molecule has 3 aromatic carbocycles. The van der Waals surface area contributed by atoms with E-state index >= 15 is 0 Å². The van der Waals surface area contributed by atoms with Crippen LogP contribution in [0.4, 0.5) is 11.4 Å². The Hall–Kier alpha value is -2.63. The number of methoxy groups -OCH3 is 1. The van der Waals surface area contributed by atoms with Crippen LogP contribution in [-0.4, -0.2) is 28.5 Å². The van der Waals surface area contributed by atoms with Gasteiger partial charge in [-0.2, -0.15) is 0 Å². The second kappa shape index (κ2) is 9.32. The Morgan fingerprint density at radius 3 is 2.42 bits per heavy atom. The number of anilines is 2. The molecule has 0 radical (unpaired) electrons. The van der Waals surface area contributed by atoms with Crippen molar-refractivity contribution < 1.29 is 17.9 Å². The van der Waals surface area contributed by atoms with Gasteiger partial charge in [-0.3, -0.25) is 9.10 Å². The second-order valence-corrected chi connectivity index (χ2v) is 11.7. The summed E-state index contributed by atoms with van der Waals surface area (Å²) in [6, 6.07) is 19.5. The third-order valence-corrected chi connectivity index (χ3v) is 8.83. The first-order valence-corrected chi connectivity index (χ1v) is 13.3. The third-order valence-electron chi connectivity index (χ3n) is 5.21. The van der Waals surface area contributed by atoms with Crippen LogP contribution in [0.1, 0.15) is 15.2 Å². The van der Waals surface area contributed by atoms with Crippen molar-refractivity contribution in [3.63, 3.8) is 0 Å². The number of nitrogens with zero attached hydrogens (tertiary/aromatic N) is 1. The van der Waals surface area contributed by atoms with Crippen molar-refractivity contribution in [3.8, 4) is 5.75 Å². The van der Waals surface area contributed by atoms with Crippen LogP contribution in [0.5, 0.6) is 5.75 Å². The van der Waals surface area contributed by atoms with Crippen LogP contribution in [0.25, 0.3) is 10.1 Å². The van der Waals surface area contributed by atoms with Gasteiger partial charge in [-0.15, -0.1) is 11.3 Å². The van der Waals surface area contributed by atoms with Gasteiger partial charge in [0.2, 0.25) is 0 Å². The molecule has 6 nitrogen and oxygen atoms in total. The van der Waals surface area contributed by atoms with Gasteiger partial charge in [0, 0.05) is 21.0 Å². The fourth-order valence-corrected chi connectivity index (χ4v) is 5.94. The van der Waals surface area contributed by atoms with E-state index in [-0.39, 0.29) is 10.8 Å². The smallest absolute Gasteiger partial charge is 0.265 e. The Labute approximate surface area is 210 Å². The van der Waals surface area contributed by atoms with Crippen LogP contribution < -0.4 is 14.4 Å². The maximum atomic E-state index is 13.2. The lowest BCUT2D eigenvalue weighted by molar-refractivity contribution is 0.103. The number of carbonyl (C=O) groups excluding carboxylic acids is 1. The number of fused-ring (bicyclic) bond motifs is 1. The molecule has 0 saturated heterocycles. The molecule has 0 unspecified atom stereocenters. The fraction of sp³-hybridized carbons (Fsp3) is 0.125. The van der Waals surface area contributed by atoms with Crippen LogP contribution >= 0.6 is 33.9 Å². The minimum absolute atomic E-state index is 0.186. The Bertz CT molecular complexity index is 1450. The van der Waals surface area contributed by atoms with E-state index in [0.29, 0.717) is 16.3 Å². The molecule has 0 spiro atoms. The van der Waals surface area contributed by atoms with E-state index in [0.717, 1.165) is 24.9 Å². The van der Waals surface area contributed by atoms with E-state index in [2.05, 4.69) is 27.9 Å². The molecule has 9 heteroatoms. The number of thiophene rings is 1. The SMILES string of the molecule is COc1ccc(S(=O)(=O)N(C)c2ccc3sc(C(=O)Nc4ccc(I)cc4)cc3c2)cc1C. The lowest BCUT2D eigenvalue weighted by Gasteiger charge is -2.20. The summed E-state index contributed by atoms with van der Waals surface area (Å²) in [6.45, 7) is 1.80. The summed E-state index contributed by atoms with van der Waals surface area (Å²) in [5.41, 5.74) is 1.97. The predicted molar refractivity (Wildman–Crippen MR) is 142 cm³/mol. The summed E-state index contributed by atoms with van der Waals surface area (Å²) < 4.78 is 34.8. The highest BCUT2D eigenvalue weighted by Gasteiger charge is 2.23. The van der Waals surface area contributed by atoms with Gasteiger partial charge in [-0.05, 0) is 107 Å². The lowest BCUT2D eigenvalue weighted by atomic mass is 10.2. The number of amides is 1. The number of aryl methyl sites for hydroxylation is 1. The molecule has 170 valence electrons. The molecular formula is C24H21IN2O4S2. The van der Waals surface area contributed by atoms with Crippen molar-refractivity contribution in [2.24, 2.45) is 0 Å². The molecule has 1 N–H and O–H groups in total. The predicted octanol–water partition coefficient (Wildman–Crippen LogP) is 5.90. The molecule has 0 fully saturated rings. The van der Waals surface area contributed by atoms with E-state index in [1.807, 2.05) is 30.3 Å². The molecule has 0 saturated carbocycles. The highest BCUT2D eigenvalue weighted by molar-refractivity contribution is 14.1. The van der Waals surface area contributed by atoms with Gasteiger partial charge in [0.05, 0.1) is 22.6 Å². The summed E-state index contributed by atoms with van der Waals surface area (Å²) in [6.07, 6.45) is 0. The van der Waals surface area contributed by atoms with Crippen molar-refractivity contribution in [2.45, 2.75) is 11.8 Å². The number of hydrogen-bond donors (Lipinski definition) is 1. The van der Waals surface area contributed by atoms with Gasteiger partial charge in [-0.1, -0.05) is 0 Å². The van der Waals surface area contributed by atoms with Gasteiger partial charge in [-0.25, -0.2) is 8.42 Å². The quantitative estimate of drug-likeness (QED) is 0.283. The Morgan fingerprint density at radius 2 is 1.76 bits per heavy atom. The summed E-state index contributed by atoms with van der Waals surface area (Å²) in [4.78, 5) is 13.4. The minimum Gasteiger partial charge on any atom is -0.496 e. The van der Waals surface area contributed by atoms with Crippen molar-refractivity contribution in [1.82, 2.24) is 0 Å². The number of ether oxygens (including phenoxy) is 1. The average molecular weight is 592 g/mol. The summed E-state index contributed by atoms with van der Waals surface area (Å²) in [7, 11) is -0.691. The largest absolute Gasteiger partial charge is 0.496 e. The second-order valence-electron chi connectivity index (χ2n) is 7.40. The van der Waals surface area contributed by atoms with E-state index in [1.54, 1.807) is 44.4 Å². The summed E-state index contributed by atoms with van der Waals surface area (Å²) in [5, 5.41) is 3.70. The summed E-state index contributed by atoms with van der Waals surface area (Å²) in [5.74, 6) is 0.431. The molecule has 0 aliphatic rings. The number of carbonyl (C=O) groups is 1. The standard InChI is InChI=1S/C24H21IN2O4S2/c1-15-12-20(9-10-21(15)31-3)33(29,30)27(2)19-8-11-22-16(13-19)14-23(32-22)24(28)26-18-6-4-17(25)5-7-18/h4-14H,1-3H3,(H,26,28). The van der Waals surface area contributed by atoms with Crippen molar-refractivity contribution in [3.05, 3.63) is 80.7 Å². The maximum absolute atomic E-state index is 13.2. The molecule has 1 amide bonds. The zero-order valence-electron chi connectivity index (χ0n) is 18.1. The van der Waals surface area contributed by atoms with Gasteiger partial charge >= 0.3 is 0 Å². The highest BCUT2D eigenvalue weighted by Crippen LogP contribution is 2.32. The van der Waals surface area contributed by atoms with E-state index < -0.39 is 10.0 Å². The number of sulfonamides is 1. The molecule has 1 heterocycles. The van der Waals surface area contributed by atoms with Gasteiger partial charge in [0.25, 0.3) is 15.9 Å². The van der Waals surface area contributed by atoms with Gasteiger partial charge < -0.3 is 10.1 Å². The summed E-state index contributed by atoms with van der Waals surface area (Å²) >= 11 is 3.57. The first-order valence-electron chi connectivity index (χ1n) is 9.93. The van der Waals surface area contributed by atoms with E-state index in [1.165, 1.54) is 28.8 Å². The van der Waals surface area contributed by atoms with Crippen LogP contribution in [-0.2, 0) is 10.0 Å². The topological polar surface area (TPSA) is 75.7 Å². The number of nitrogens with one attached hydrogen (secondary N) is 1. The third kappa shape index (κ3) is 4.85. The number of benzene rings is 3. The first kappa shape index (κ1) is 23.5. The van der Waals surface area contributed by atoms with Gasteiger partial charge in [0.15, 0.2) is 0 Å². The first-order chi connectivity index (χ1) is 15.7. The molecule has 4 rings (SSSR count).